The van der Waals surface area contributed by atoms with E-state index >= 15 is 0 Å². The molecule has 1 unspecified atom stereocenters. The largest absolute Gasteiger partial charge is 0.508 e. The SMILES string of the molecule is CCNC(=NCC(C)(O)c1ccsc1)NCCc1ccc(OC)cc1O. The summed E-state index contributed by atoms with van der Waals surface area (Å²) in [5.74, 6) is 1.48. The van der Waals surface area contributed by atoms with Crippen molar-refractivity contribution in [3.05, 3.63) is 46.2 Å². The number of aliphatic imine (C=N–C) groups is 1. The average Bonchev–Trinajstić information content (AvgIpc) is 3.16. The minimum Gasteiger partial charge on any atom is -0.508 e. The number of nitrogens with zero attached hydrogens (tertiary/aromatic N) is 1. The molecule has 0 saturated heterocycles. The van der Waals surface area contributed by atoms with E-state index in [1.54, 1.807) is 31.4 Å². The normalized spacial score (nSPS) is 13.9. The molecule has 0 spiro atoms. The van der Waals surface area contributed by atoms with Gasteiger partial charge in [0, 0.05) is 19.2 Å². The first kappa shape index (κ1) is 20.1. The monoisotopic (exact) mass is 377 g/mol. The first-order valence-electron chi connectivity index (χ1n) is 8.59. The molecule has 4 N–H and O–H groups in total. The predicted octanol–water partition coefficient (Wildman–Crippen LogP) is 2.47. The number of rotatable bonds is 8. The zero-order valence-corrected chi connectivity index (χ0v) is 16.3. The van der Waals surface area contributed by atoms with Crippen molar-refractivity contribution in [2.75, 3.05) is 26.7 Å². The molecule has 26 heavy (non-hydrogen) atoms. The third-order valence-corrected chi connectivity index (χ3v) is 4.69. The molecule has 2 aromatic rings. The highest BCUT2D eigenvalue weighted by Gasteiger charge is 2.23. The van der Waals surface area contributed by atoms with Crippen molar-refractivity contribution in [2.24, 2.45) is 4.99 Å². The third-order valence-electron chi connectivity index (χ3n) is 4.01. The lowest BCUT2D eigenvalue weighted by Gasteiger charge is -2.21. The fraction of sp³-hybridized carbons (Fsp3) is 0.421. The molecule has 0 amide bonds. The summed E-state index contributed by atoms with van der Waals surface area (Å²) in [4.78, 5) is 4.49. The van der Waals surface area contributed by atoms with Crippen LogP contribution in [0.4, 0.5) is 0 Å². The summed E-state index contributed by atoms with van der Waals surface area (Å²) < 4.78 is 5.09. The Hall–Kier alpha value is -2.25. The Labute approximate surface area is 158 Å². The van der Waals surface area contributed by atoms with Crippen LogP contribution in [0.5, 0.6) is 11.5 Å². The van der Waals surface area contributed by atoms with Gasteiger partial charge in [-0.05, 0) is 54.3 Å². The van der Waals surface area contributed by atoms with E-state index in [0.29, 0.717) is 24.7 Å². The number of guanidine groups is 1. The number of phenolic OH excluding ortho intramolecular Hbond substituents is 1. The molecule has 0 aliphatic rings. The van der Waals surface area contributed by atoms with Crippen LogP contribution >= 0.6 is 11.3 Å². The van der Waals surface area contributed by atoms with Crippen molar-refractivity contribution in [1.82, 2.24) is 10.6 Å². The van der Waals surface area contributed by atoms with Crippen molar-refractivity contribution in [3.63, 3.8) is 0 Å². The van der Waals surface area contributed by atoms with E-state index in [9.17, 15) is 10.2 Å². The summed E-state index contributed by atoms with van der Waals surface area (Å²) in [5.41, 5.74) is 0.695. The van der Waals surface area contributed by atoms with Gasteiger partial charge in [-0.1, -0.05) is 6.07 Å². The van der Waals surface area contributed by atoms with Crippen LogP contribution in [0.15, 0.2) is 40.0 Å². The van der Waals surface area contributed by atoms with Gasteiger partial charge in [0.05, 0.1) is 13.7 Å². The number of benzene rings is 1. The summed E-state index contributed by atoms with van der Waals surface area (Å²) >= 11 is 1.55. The number of phenols is 1. The molecule has 0 fully saturated rings. The molecule has 0 saturated carbocycles. The lowest BCUT2D eigenvalue weighted by atomic mass is 10.00. The average molecular weight is 378 g/mol. The van der Waals surface area contributed by atoms with Crippen molar-refractivity contribution < 1.29 is 14.9 Å². The molecular weight excluding hydrogens is 350 g/mol. The minimum atomic E-state index is -1.00. The smallest absolute Gasteiger partial charge is 0.191 e. The van der Waals surface area contributed by atoms with Gasteiger partial charge in [0.2, 0.25) is 0 Å². The van der Waals surface area contributed by atoms with Gasteiger partial charge in [-0.25, -0.2) is 4.99 Å². The first-order valence-corrected chi connectivity index (χ1v) is 9.53. The molecule has 2 rings (SSSR count). The van der Waals surface area contributed by atoms with E-state index in [-0.39, 0.29) is 12.3 Å². The van der Waals surface area contributed by atoms with Gasteiger partial charge in [-0.15, -0.1) is 0 Å². The molecule has 0 aliphatic carbocycles. The Morgan fingerprint density at radius 2 is 2.12 bits per heavy atom. The van der Waals surface area contributed by atoms with Crippen LogP contribution in [-0.4, -0.2) is 42.9 Å². The van der Waals surface area contributed by atoms with E-state index in [0.717, 1.165) is 17.7 Å². The minimum absolute atomic E-state index is 0.216. The molecule has 6 nitrogen and oxygen atoms in total. The fourth-order valence-electron chi connectivity index (χ4n) is 2.43. The van der Waals surface area contributed by atoms with E-state index in [1.807, 2.05) is 35.9 Å². The topological polar surface area (TPSA) is 86.1 Å². The molecule has 1 aromatic heterocycles. The highest BCUT2D eigenvalue weighted by molar-refractivity contribution is 7.08. The second kappa shape index (κ2) is 9.45. The van der Waals surface area contributed by atoms with Crippen LogP contribution in [0.3, 0.4) is 0 Å². The number of aliphatic hydroxyl groups is 1. The van der Waals surface area contributed by atoms with Gasteiger partial charge in [0.1, 0.15) is 17.1 Å². The number of ether oxygens (including phenoxy) is 1. The highest BCUT2D eigenvalue weighted by Crippen LogP contribution is 2.24. The number of aromatic hydroxyl groups is 1. The lowest BCUT2D eigenvalue weighted by Crippen LogP contribution is -2.39. The van der Waals surface area contributed by atoms with E-state index in [4.69, 9.17) is 4.74 Å². The Balaban J connectivity index is 1.93. The molecule has 0 radical (unpaired) electrons. The molecule has 142 valence electrons. The maximum absolute atomic E-state index is 10.6. The molecule has 1 aromatic carbocycles. The quantitative estimate of drug-likeness (QED) is 0.419. The fourth-order valence-corrected chi connectivity index (χ4v) is 3.22. The van der Waals surface area contributed by atoms with Crippen LogP contribution < -0.4 is 15.4 Å². The standard InChI is InChI=1S/C19H27N3O3S/c1-4-20-18(22-13-19(2,24)15-8-10-26-12-15)21-9-7-14-5-6-16(25-3)11-17(14)23/h5-6,8,10-12,23-24H,4,7,9,13H2,1-3H3,(H2,20,21,22). The van der Waals surface area contributed by atoms with Gasteiger partial charge in [0.15, 0.2) is 5.96 Å². The Kier molecular flexibility index (Phi) is 7.29. The zero-order valence-electron chi connectivity index (χ0n) is 15.5. The van der Waals surface area contributed by atoms with E-state index in [1.165, 1.54) is 0 Å². The van der Waals surface area contributed by atoms with Crippen molar-refractivity contribution >= 4 is 17.3 Å². The summed E-state index contributed by atoms with van der Waals surface area (Å²) in [5, 5.41) is 30.9. The summed E-state index contributed by atoms with van der Waals surface area (Å²) in [6.07, 6.45) is 0.640. The van der Waals surface area contributed by atoms with Gasteiger partial charge < -0.3 is 25.6 Å². The van der Waals surface area contributed by atoms with Gasteiger partial charge >= 0.3 is 0 Å². The second-order valence-electron chi connectivity index (χ2n) is 6.15. The number of nitrogens with one attached hydrogen (secondary N) is 2. The Bertz CT molecular complexity index is 715. The van der Waals surface area contributed by atoms with Gasteiger partial charge in [0.25, 0.3) is 0 Å². The molecule has 0 bridgehead atoms. The number of methoxy groups -OCH3 is 1. The summed E-state index contributed by atoms with van der Waals surface area (Å²) in [6.45, 7) is 5.33. The van der Waals surface area contributed by atoms with Crippen LogP contribution in [0.2, 0.25) is 0 Å². The maximum atomic E-state index is 10.6. The highest BCUT2D eigenvalue weighted by atomic mass is 32.1. The molecule has 1 atom stereocenters. The zero-order chi connectivity index (χ0) is 19.0. The molecule has 7 heteroatoms. The van der Waals surface area contributed by atoms with Crippen LogP contribution in [0, 0.1) is 0 Å². The molecule has 0 aliphatic heterocycles. The summed E-state index contributed by atoms with van der Waals surface area (Å²) in [7, 11) is 1.57. The molecular formula is C19H27N3O3S. The van der Waals surface area contributed by atoms with Crippen molar-refractivity contribution in [3.8, 4) is 11.5 Å². The predicted molar refractivity (Wildman–Crippen MR) is 106 cm³/mol. The summed E-state index contributed by atoms with van der Waals surface area (Å²) in [6, 6.07) is 7.19. The molecule has 1 heterocycles. The van der Waals surface area contributed by atoms with Crippen LogP contribution in [0.25, 0.3) is 0 Å². The first-order chi connectivity index (χ1) is 12.5. The maximum Gasteiger partial charge on any atom is 0.191 e. The van der Waals surface area contributed by atoms with Gasteiger partial charge in [-0.2, -0.15) is 11.3 Å². The Morgan fingerprint density at radius 1 is 1.31 bits per heavy atom. The lowest BCUT2D eigenvalue weighted by molar-refractivity contribution is 0.0677. The number of hydrogen-bond acceptors (Lipinski definition) is 5. The Morgan fingerprint density at radius 3 is 2.73 bits per heavy atom. The third kappa shape index (κ3) is 5.64. The van der Waals surface area contributed by atoms with Crippen LogP contribution in [0.1, 0.15) is 25.0 Å². The second-order valence-corrected chi connectivity index (χ2v) is 6.93. The van der Waals surface area contributed by atoms with Crippen molar-refractivity contribution in [2.45, 2.75) is 25.9 Å². The van der Waals surface area contributed by atoms with Crippen LogP contribution in [-0.2, 0) is 12.0 Å². The van der Waals surface area contributed by atoms with E-state index in [2.05, 4.69) is 15.6 Å². The van der Waals surface area contributed by atoms with Gasteiger partial charge in [-0.3, -0.25) is 0 Å². The van der Waals surface area contributed by atoms with Crippen molar-refractivity contribution in [1.29, 1.82) is 0 Å². The number of hydrogen-bond donors (Lipinski definition) is 4. The number of thiophene rings is 1. The van der Waals surface area contributed by atoms with E-state index < -0.39 is 5.60 Å².